The van der Waals surface area contributed by atoms with Gasteiger partial charge in [0.2, 0.25) is 11.5 Å². The number of aromatic nitrogens is 8. The van der Waals surface area contributed by atoms with Crippen LogP contribution in [0.15, 0.2) is 52.8 Å². The number of benzene rings is 1. The summed E-state index contributed by atoms with van der Waals surface area (Å²) in [5.74, 6) is -0.721. The van der Waals surface area contributed by atoms with Crippen LogP contribution in [0.2, 0.25) is 0 Å². The van der Waals surface area contributed by atoms with Crippen molar-refractivity contribution in [1.82, 2.24) is 39.6 Å². The highest BCUT2D eigenvalue weighted by atomic mass is 19.1. The van der Waals surface area contributed by atoms with Crippen molar-refractivity contribution in [1.29, 1.82) is 0 Å². The van der Waals surface area contributed by atoms with Gasteiger partial charge in [-0.3, -0.25) is 9.97 Å². The third kappa shape index (κ3) is 3.39. The summed E-state index contributed by atoms with van der Waals surface area (Å²) in [6.07, 6.45) is 4.19. The second kappa shape index (κ2) is 7.09. The van der Waals surface area contributed by atoms with Crippen molar-refractivity contribution in [2.24, 2.45) is 5.10 Å². The number of imidazole rings is 1. The molecular weight excluding hydrogens is 405 g/mol. The number of hydrogen-bond donors (Lipinski definition) is 2. The molecular formula is C19H14FN9O2. The molecule has 154 valence electrons. The predicted molar refractivity (Wildman–Crippen MR) is 108 cm³/mol. The summed E-state index contributed by atoms with van der Waals surface area (Å²) >= 11 is 0. The summed E-state index contributed by atoms with van der Waals surface area (Å²) in [5.41, 5.74) is 1.72. The number of aromatic hydroxyl groups is 1. The molecule has 0 bridgehead atoms. The Kier molecular flexibility index (Phi) is 4.24. The van der Waals surface area contributed by atoms with Gasteiger partial charge < -0.3 is 5.11 Å². The first-order chi connectivity index (χ1) is 15.0. The molecule has 0 amide bonds. The molecule has 5 rings (SSSR count). The van der Waals surface area contributed by atoms with Crippen LogP contribution in [0.5, 0.6) is 5.88 Å². The third-order valence-electron chi connectivity index (χ3n) is 4.63. The first kappa shape index (κ1) is 18.5. The molecule has 12 heteroatoms. The molecule has 4 heterocycles. The number of nitrogens with one attached hydrogen (secondary N) is 1. The van der Waals surface area contributed by atoms with E-state index in [1.807, 2.05) is 6.07 Å². The molecule has 0 aliphatic rings. The lowest BCUT2D eigenvalue weighted by molar-refractivity contribution is 0.455. The van der Waals surface area contributed by atoms with Crippen molar-refractivity contribution in [3.05, 3.63) is 70.4 Å². The van der Waals surface area contributed by atoms with E-state index in [9.17, 15) is 14.3 Å². The van der Waals surface area contributed by atoms with E-state index >= 15 is 0 Å². The minimum atomic E-state index is -0.598. The van der Waals surface area contributed by atoms with Crippen molar-refractivity contribution in [3.63, 3.8) is 0 Å². The predicted octanol–water partition coefficient (Wildman–Crippen LogP) is 1.42. The Labute approximate surface area is 172 Å². The molecule has 0 aliphatic heterocycles. The van der Waals surface area contributed by atoms with Gasteiger partial charge >= 0.3 is 5.69 Å². The molecule has 0 radical (unpaired) electrons. The minimum Gasteiger partial charge on any atom is -0.493 e. The van der Waals surface area contributed by atoms with Crippen LogP contribution in [0.1, 0.15) is 18.2 Å². The lowest BCUT2D eigenvalue weighted by Crippen LogP contribution is -2.14. The van der Waals surface area contributed by atoms with Crippen molar-refractivity contribution >= 4 is 27.9 Å². The maximum Gasteiger partial charge on any atom is 0.349 e. The SMILES string of the molecule is C/C(=N\n1cc(O)[nH]c1=O)c1cnc2nnn(Cc3cc4cccnc4cc3F)c2n1. The molecule has 0 spiro atoms. The van der Waals surface area contributed by atoms with Crippen LogP contribution in [-0.2, 0) is 6.54 Å². The molecule has 0 unspecified atom stereocenters. The van der Waals surface area contributed by atoms with E-state index < -0.39 is 11.5 Å². The standard InChI is InChI=1S/C19H14FN9O2/c1-10(26-29-9-16(30)24-19(29)31)15-7-22-17-18(23-15)28(27-25-17)8-12-5-11-3-2-4-21-14(11)6-13(12)20/h2-7,9,30H,8H2,1H3,(H,24,31)/b26-10+. The van der Waals surface area contributed by atoms with Crippen LogP contribution in [0.3, 0.4) is 0 Å². The quantitative estimate of drug-likeness (QED) is 0.420. The number of hydrogen-bond acceptors (Lipinski definition) is 8. The van der Waals surface area contributed by atoms with E-state index in [1.54, 1.807) is 25.3 Å². The zero-order valence-electron chi connectivity index (χ0n) is 16.1. The monoisotopic (exact) mass is 419 g/mol. The normalized spacial score (nSPS) is 12.1. The second-order valence-corrected chi connectivity index (χ2v) is 6.76. The number of rotatable bonds is 4. The number of halogens is 1. The first-order valence-corrected chi connectivity index (χ1v) is 9.14. The van der Waals surface area contributed by atoms with Gasteiger partial charge in [0.05, 0.1) is 30.2 Å². The summed E-state index contributed by atoms with van der Waals surface area (Å²) in [6.45, 7) is 1.73. The Morgan fingerprint density at radius 2 is 2.19 bits per heavy atom. The Bertz CT molecular complexity index is 1530. The average molecular weight is 419 g/mol. The van der Waals surface area contributed by atoms with E-state index in [0.717, 1.165) is 16.3 Å². The van der Waals surface area contributed by atoms with Gasteiger partial charge in [-0.2, -0.15) is 9.78 Å². The topological polar surface area (TPSA) is 140 Å². The number of H-pyrrole nitrogens is 1. The molecule has 4 aromatic heterocycles. The Hall–Kier alpha value is -4.48. The van der Waals surface area contributed by atoms with E-state index in [1.165, 1.54) is 16.9 Å². The van der Waals surface area contributed by atoms with Gasteiger partial charge in [-0.25, -0.2) is 23.8 Å². The van der Waals surface area contributed by atoms with Crippen LogP contribution < -0.4 is 5.69 Å². The van der Waals surface area contributed by atoms with E-state index in [4.69, 9.17) is 0 Å². The van der Waals surface area contributed by atoms with Crippen LogP contribution in [0.4, 0.5) is 4.39 Å². The molecule has 5 aromatic rings. The van der Waals surface area contributed by atoms with Crippen molar-refractivity contribution in [2.45, 2.75) is 13.5 Å². The maximum absolute atomic E-state index is 14.6. The maximum atomic E-state index is 14.6. The largest absolute Gasteiger partial charge is 0.493 e. The molecule has 11 nitrogen and oxygen atoms in total. The second-order valence-electron chi connectivity index (χ2n) is 6.76. The average Bonchev–Trinajstić information content (AvgIpc) is 3.30. The molecule has 0 saturated heterocycles. The Balaban J connectivity index is 1.53. The van der Waals surface area contributed by atoms with E-state index in [-0.39, 0.29) is 18.1 Å². The van der Waals surface area contributed by atoms with Crippen molar-refractivity contribution in [3.8, 4) is 5.88 Å². The zero-order valence-corrected chi connectivity index (χ0v) is 16.1. The Morgan fingerprint density at radius 1 is 1.32 bits per heavy atom. The lowest BCUT2D eigenvalue weighted by atomic mass is 10.1. The summed E-state index contributed by atoms with van der Waals surface area (Å²) in [6, 6.07) is 6.72. The van der Waals surface area contributed by atoms with Crippen molar-refractivity contribution in [2.75, 3.05) is 0 Å². The minimum absolute atomic E-state index is 0.0899. The van der Waals surface area contributed by atoms with Crippen LogP contribution in [0, 0.1) is 5.82 Å². The molecule has 0 fully saturated rings. The fraction of sp³-hybridized carbons (Fsp3) is 0.105. The lowest BCUT2D eigenvalue weighted by Gasteiger charge is -2.06. The summed E-state index contributed by atoms with van der Waals surface area (Å²) in [7, 11) is 0. The van der Waals surface area contributed by atoms with Gasteiger partial charge in [-0.1, -0.05) is 11.3 Å². The van der Waals surface area contributed by atoms with Gasteiger partial charge in [0.15, 0.2) is 5.65 Å². The van der Waals surface area contributed by atoms with Gasteiger partial charge in [0.25, 0.3) is 0 Å². The van der Waals surface area contributed by atoms with Crippen LogP contribution in [0.25, 0.3) is 22.2 Å². The highest BCUT2D eigenvalue weighted by Gasteiger charge is 2.14. The van der Waals surface area contributed by atoms with Gasteiger partial charge in [-0.15, -0.1) is 5.10 Å². The number of fused-ring (bicyclic) bond motifs is 2. The highest BCUT2D eigenvalue weighted by Crippen LogP contribution is 2.19. The van der Waals surface area contributed by atoms with E-state index in [2.05, 4.69) is 35.3 Å². The van der Waals surface area contributed by atoms with Gasteiger partial charge in [0, 0.05) is 23.2 Å². The molecule has 0 saturated carbocycles. The van der Waals surface area contributed by atoms with Crippen LogP contribution >= 0.6 is 0 Å². The number of aromatic amines is 1. The fourth-order valence-electron chi connectivity index (χ4n) is 3.12. The number of pyridine rings is 1. The molecule has 1 aromatic carbocycles. The molecule has 0 aliphatic carbocycles. The zero-order chi connectivity index (χ0) is 21.5. The summed E-state index contributed by atoms with van der Waals surface area (Å²) < 4.78 is 17.0. The molecule has 0 atom stereocenters. The first-order valence-electron chi connectivity index (χ1n) is 9.14. The van der Waals surface area contributed by atoms with Crippen molar-refractivity contribution < 1.29 is 9.50 Å². The molecule has 31 heavy (non-hydrogen) atoms. The van der Waals surface area contributed by atoms with Gasteiger partial charge in [-0.05, 0) is 19.1 Å². The molecule has 2 N–H and O–H groups in total. The number of nitrogens with zero attached hydrogens (tertiary/aromatic N) is 8. The van der Waals surface area contributed by atoms with E-state index in [0.29, 0.717) is 28.1 Å². The highest BCUT2D eigenvalue weighted by molar-refractivity contribution is 5.97. The summed E-state index contributed by atoms with van der Waals surface area (Å²) in [4.78, 5) is 26.7. The van der Waals surface area contributed by atoms with Crippen LogP contribution in [-0.4, -0.2) is 50.4 Å². The summed E-state index contributed by atoms with van der Waals surface area (Å²) in [5, 5.41) is 22.3. The Morgan fingerprint density at radius 3 is 3.00 bits per heavy atom. The fourth-order valence-corrected chi connectivity index (χ4v) is 3.12. The third-order valence-corrected chi connectivity index (χ3v) is 4.63. The van der Waals surface area contributed by atoms with Gasteiger partial charge in [0.1, 0.15) is 11.5 Å². The smallest absolute Gasteiger partial charge is 0.349 e.